The maximum absolute atomic E-state index is 9.59. The second-order valence-corrected chi connectivity index (χ2v) is 8.20. The Morgan fingerprint density at radius 1 is 0.480 bits per heavy atom. The quantitative estimate of drug-likeness (QED) is 0.318. The Morgan fingerprint density at radius 3 is 0.840 bits per heavy atom. The van der Waals surface area contributed by atoms with Crippen LogP contribution in [-0.4, -0.2) is 75.5 Å². The molecule has 0 aromatic rings. The molecule has 0 bridgehead atoms. The molecule has 25 heavy (non-hydrogen) atoms. The van der Waals surface area contributed by atoms with Gasteiger partial charge in [0.2, 0.25) is 0 Å². The minimum Gasteiger partial charge on any atom is -0.393 e. The molecule has 152 valence electrons. The number of aliphatic hydroxyl groups is 4. The van der Waals surface area contributed by atoms with Gasteiger partial charge in [0.1, 0.15) is 0 Å². The van der Waals surface area contributed by atoms with E-state index in [4.69, 9.17) is 0 Å². The van der Waals surface area contributed by atoms with Crippen LogP contribution in [0.4, 0.5) is 0 Å². The highest BCUT2D eigenvalue weighted by atomic mass is 16.3. The largest absolute Gasteiger partial charge is 0.393 e. The molecular formula is C20H44NO4+. The summed E-state index contributed by atoms with van der Waals surface area (Å²) in [4.78, 5) is 0. The van der Waals surface area contributed by atoms with Crippen molar-refractivity contribution in [1.82, 2.24) is 0 Å². The first-order valence-electron chi connectivity index (χ1n) is 10.2. The van der Waals surface area contributed by atoms with Crippen molar-refractivity contribution in [3.05, 3.63) is 0 Å². The fourth-order valence-corrected chi connectivity index (χ4v) is 3.56. The van der Waals surface area contributed by atoms with Crippen molar-refractivity contribution in [2.75, 3.05) is 26.2 Å². The molecule has 4 N–H and O–H groups in total. The first kappa shape index (κ1) is 24.8. The van der Waals surface area contributed by atoms with Gasteiger partial charge in [0.15, 0.2) is 0 Å². The molecule has 5 nitrogen and oxygen atoms in total. The molecule has 0 saturated heterocycles. The Labute approximate surface area is 155 Å². The Kier molecular flexibility index (Phi) is 13.8. The summed E-state index contributed by atoms with van der Waals surface area (Å²) in [6.07, 6.45) is 6.09. The SMILES string of the molecule is CC(O)CCC[N+](CCCC(C)O)(CCCC(C)O)CCCC(C)O. The molecule has 0 amide bonds. The third kappa shape index (κ3) is 14.6. The van der Waals surface area contributed by atoms with Gasteiger partial charge in [0.25, 0.3) is 0 Å². The number of quaternary nitrogens is 1. The number of hydrogen-bond donors (Lipinski definition) is 4. The number of nitrogens with zero attached hydrogens (tertiary/aromatic N) is 1. The van der Waals surface area contributed by atoms with E-state index < -0.39 is 0 Å². The molecule has 0 aromatic carbocycles. The molecule has 0 aliphatic heterocycles. The second-order valence-electron chi connectivity index (χ2n) is 8.20. The molecule has 0 aliphatic rings. The zero-order valence-corrected chi connectivity index (χ0v) is 17.0. The molecule has 0 rings (SSSR count). The highest BCUT2D eigenvalue weighted by Crippen LogP contribution is 2.18. The lowest BCUT2D eigenvalue weighted by Gasteiger charge is -2.40. The van der Waals surface area contributed by atoms with Crippen LogP contribution in [0.15, 0.2) is 0 Å². The van der Waals surface area contributed by atoms with E-state index in [0.717, 1.165) is 82.0 Å². The molecule has 0 saturated carbocycles. The molecule has 4 unspecified atom stereocenters. The third-order valence-corrected chi connectivity index (χ3v) is 5.02. The predicted octanol–water partition coefficient (Wildman–Crippen LogP) is 2.45. The smallest absolute Gasteiger partial charge is 0.0787 e. The summed E-state index contributed by atoms with van der Waals surface area (Å²) in [6.45, 7) is 11.4. The molecule has 0 radical (unpaired) electrons. The zero-order valence-electron chi connectivity index (χ0n) is 17.0. The van der Waals surface area contributed by atoms with E-state index in [1.807, 2.05) is 27.7 Å². The van der Waals surface area contributed by atoms with Crippen molar-refractivity contribution in [2.24, 2.45) is 0 Å². The van der Waals surface area contributed by atoms with E-state index in [1.54, 1.807) is 0 Å². The summed E-state index contributed by atoms with van der Waals surface area (Å²) >= 11 is 0. The van der Waals surface area contributed by atoms with E-state index in [-0.39, 0.29) is 24.4 Å². The summed E-state index contributed by atoms with van der Waals surface area (Å²) in [6, 6.07) is 0. The summed E-state index contributed by atoms with van der Waals surface area (Å²) in [7, 11) is 0. The van der Waals surface area contributed by atoms with Gasteiger partial charge in [0, 0.05) is 0 Å². The maximum atomic E-state index is 9.59. The molecule has 0 aromatic heterocycles. The summed E-state index contributed by atoms with van der Waals surface area (Å²) < 4.78 is 0.971. The van der Waals surface area contributed by atoms with Crippen LogP contribution in [0.25, 0.3) is 0 Å². The topological polar surface area (TPSA) is 80.9 Å². The average molecular weight is 363 g/mol. The van der Waals surface area contributed by atoms with Gasteiger partial charge in [-0.2, -0.15) is 0 Å². The highest BCUT2D eigenvalue weighted by Gasteiger charge is 2.26. The zero-order chi connectivity index (χ0) is 19.3. The Hall–Kier alpha value is -0.200. The van der Waals surface area contributed by atoms with Crippen LogP contribution in [-0.2, 0) is 0 Å². The van der Waals surface area contributed by atoms with Crippen LogP contribution >= 0.6 is 0 Å². The first-order chi connectivity index (χ1) is 11.7. The number of rotatable bonds is 16. The Balaban J connectivity index is 4.85. The van der Waals surface area contributed by atoms with E-state index in [1.165, 1.54) is 0 Å². The lowest BCUT2D eigenvalue weighted by molar-refractivity contribution is -0.929. The summed E-state index contributed by atoms with van der Waals surface area (Å²) in [5.41, 5.74) is 0. The van der Waals surface area contributed by atoms with Gasteiger partial charge in [-0.15, -0.1) is 0 Å². The van der Waals surface area contributed by atoms with Crippen molar-refractivity contribution in [2.45, 2.75) is 103 Å². The van der Waals surface area contributed by atoms with E-state index >= 15 is 0 Å². The van der Waals surface area contributed by atoms with E-state index in [2.05, 4.69) is 0 Å². The van der Waals surface area contributed by atoms with E-state index in [9.17, 15) is 20.4 Å². The molecule has 5 heteroatoms. The van der Waals surface area contributed by atoms with Gasteiger partial charge in [-0.1, -0.05) is 0 Å². The van der Waals surface area contributed by atoms with Crippen LogP contribution in [0.3, 0.4) is 0 Å². The number of hydrogen-bond acceptors (Lipinski definition) is 4. The molecule has 0 aliphatic carbocycles. The Bertz CT molecular complexity index is 245. The monoisotopic (exact) mass is 362 g/mol. The molecule has 0 spiro atoms. The van der Waals surface area contributed by atoms with Gasteiger partial charge < -0.3 is 24.9 Å². The lowest BCUT2D eigenvalue weighted by atomic mass is 10.1. The van der Waals surface area contributed by atoms with Gasteiger partial charge in [0.05, 0.1) is 50.6 Å². The van der Waals surface area contributed by atoms with Crippen LogP contribution in [0.2, 0.25) is 0 Å². The van der Waals surface area contributed by atoms with Crippen LogP contribution < -0.4 is 0 Å². The van der Waals surface area contributed by atoms with Crippen LogP contribution in [0, 0.1) is 0 Å². The van der Waals surface area contributed by atoms with Crippen molar-refractivity contribution in [3.8, 4) is 0 Å². The van der Waals surface area contributed by atoms with Crippen LogP contribution in [0.1, 0.15) is 79.1 Å². The van der Waals surface area contributed by atoms with Crippen molar-refractivity contribution in [3.63, 3.8) is 0 Å². The molecule has 0 fully saturated rings. The summed E-state index contributed by atoms with van der Waals surface area (Å²) in [5, 5.41) is 38.4. The first-order valence-corrected chi connectivity index (χ1v) is 10.2. The lowest BCUT2D eigenvalue weighted by Crippen LogP contribution is -2.51. The normalized spacial score (nSPS) is 19.2. The number of aliphatic hydroxyl groups excluding tert-OH is 4. The molecule has 0 heterocycles. The summed E-state index contributed by atoms with van der Waals surface area (Å²) in [5.74, 6) is 0. The minimum atomic E-state index is -0.269. The van der Waals surface area contributed by atoms with Crippen molar-refractivity contribution < 1.29 is 24.9 Å². The second kappa shape index (κ2) is 13.9. The highest BCUT2D eigenvalue weighted by molar-refractivity contribution is 4.57. The van der Waals surface area contributed by atoms with Gasteiger partial charge in [-0.05, 0) is 79.1 Å². The Morgan fingerprint density at radius 2 is 0.680 bits per heavy atom. The minimum absolute atomic E-state index is 0.269. The van der Waals surface area contributed by atoms with Gasteiger partial charge in [-0.3, -0.25) is 0 Å². The van der Waals surface area contributed by atoms with E-state index in [0.29, 0.717) is 0 Å². The third-order valence-electron chi connectivity index (χ3n) is 5.02. The fourth-order valence-electron chi connectivity index (χ4n) is 3.56. The van der Waals surface area contributed by atoms with Gasteiger partial charge >= 0.3 is 0 Å². The molecule has 4 atom stereocenters. The van der Waals surface area contributed by atoms with Crippen molar-refractivity contribution >= 4 is 0 Å². The standard InChI is InChI=1S/C20H44NO4/c1-17(22)9-5-13-21(14-6-10-18(2)23,15-7-11-19(3)24)16-8-12-20(4)25/h17-20,22-25H,5-16H2,1-4H3/q+1. The average Bonchev–Trinajstić information content (AvgIpc) is 2.45. The fraction of sp³-hybridized carbons (Fsp3) is 1.00. The predicted molar refractivity (Wildman–Crippen MR) is 103 cm³/mol. The van der Waals surface area contributed by atoms with Crippen LogP contribution in [0.5, 0.6) is 0 Å². The maximum Gasteiger partial charge on any atom is 0.0787 e. The molecular weight excluding hydrogens is 318 g/mol. The van der Waals surface area contributed by atoms with Gasteiger partial charge in [-0.25, -0.2) is 0 Å². The van der Waals surface area contributed by atoms with Crippen molar-refractivity contribution in [1.29, 1.82) is 0 Å².